The molecule has 0 bridgehead atoms. The summed E-state index contributed by atoms with van der Waals surface area (Å²) in [5.41, 5.74) is 0. The Labute approximate surface area is 106 Å². The Morgan fingerprint density at radius 2 is 2.25 bits per heavy atom. The quantitative estimate of drug-likeness (QED) is 0.943. The number of hydrogen-bond acceptors (Lipinski definition) is 5. The lowest BCUT2D eigenvalue weighted by molar-refractivity contribution is 1.05. The van der Waals surface area contributed by atoms with Crippen molar-refractivity contribution in [1.82, 2.24) is 15.0 Å². The van der Waals surface area contributed by atoms with Crippen LogP contribution in [-0.2, 0) is 13.0 Å². The molecule has 2 aromatic rings. The Morgan fingerprint density at radius 3 is 2.94 bits per heavy atom. The van der Waals surface area contributed by atoms with Gasteiger partial charge in [-0.1, -0.05) is 6.92 Å². The van der Waals surface area contributed by atoms with Crippen LogP contribution in [0.5, 0.6) is 0 Å². The van der Waals surface area contributed by atoms with Crippen LogP contribution < -0.4 is 5.32 Å². The van der Waals surface area contributed by atoms with Gasteiger partial charge in [-0.3, -0.25) is 0 Å². The fourth-order valence-electron chi connectivity index (χ4n) is 1.20. The van der Waals surface area contributed by atoms with E-state index in [0.717, 1.165) is 21.7 Å². The Morgan fingerprint density at radius 1 is 1.38 bits per heavy atom. The summed E-state index contributed by atoms with van der Waals surface area (Å²) in [6.45, 7) is 2.83. The molecular formula is C10H11BrN4S. The van der Waals surface area contributed by atoms with Crippen molar-refractivity contribution in [3.63, 3.8) is 0 Å². The number of thiazole rings is 1. The minimum Gasteiger partial charge on any atom is -0.363 e. The third-order valence-corrected chi connectivity index (χ3v) is 3.75. The first-order valence-corrected chi connectivity index (χ1v) is 6.53. The molecule has 0 saturated carbocycles. The summed E-state index contributed by atoms with van der Waals surface area (Å²) < 4.78 is 0.863. The van der Waals surface area contributed by atoms with Crippen LogP contribution in [0.4, 0.5) is 5.82 Å². The molecule has 0 fully saturated rings. The highest BCUT2D eigenvalue weighted by Gasteiger charge is 2.03. The van der Waals surface area contributed by atoms with E-state index in [1.54, 1.807) is 17.5 Å². The fourth-order valence-corrected chi connectivity index (χ4v) is 2.36. The van der Waals surface area contributed by atoms with Crippen LogP contribution in [0.15, 0.2) is 23.2 Å². The largest absolute Gasteiger partial charge is 0.363 e. The molecule has 0 atom stereocenters. The molecule has 1 N–H and O–H groups in total. The first kappa shape index (κ1) is 11.5. The van der Waals surface area contributed by atoms with Crippen molar-refractivity contribution in [3.8, 4) is 0 Å². The topological polar surface area (TPSA) is 50.7 Å². The van der Waals surface area contributed by atoms with Gasteiger partial charge in [-0.2, -0.15) is 0 Å². The van der Waals surface area contributed by atoms with Gasteiger partial charge in [0.05, 0.1) is 11.0 Å². The molecule has 0 saturated heterocycles. The van der Waals surface area contributed by atoms with Crippen molar-refractivity contribution < 1.29 is 0 Å². The minimum atomic E-state index is 0.695. The highest BCUT2D eigenvalue weighted by atomic mass is 79.9. The summed E-state index contributed by atoms with van der Waals surface area (Å²) in [7, 11) is 0. The van der Waals surface area contributed by atoms with Gasteiger partial charge in [-0.05, 0) is 22.4 Å². The van der Waals surface area contributed by atoms with Crippen LogP contribution >= 0.6 is 27.3 Å². The van der Waals surface area contributed by atoms with Crippen molar-refractivity contribution >= 4 is 33.1 Å². The maximum Gasteiger partial charge on any atom is 0.144 e. The predicted molar refractivity (Wildman–Crippen MR) is 68.6 cm³/mol. The highest BCUT2D eigenvalue weighted by Crippen LogP contribution is 2.19. The fraction of sp³-hybridized carbons (Fsp3) is 0.300. The predicted octanol–water partition coefficient (Wildman–Crippen LogP) is 2.87. The molecule has 6 heteroatoms. The molecule has 2 aromatic heterocycles. The number of rotatable bonds is 4. The van der Waals surface area contributed by atoms with E-state index in [4.69, 9.17) is 0 Å². The lowest BCUT2D eigenvalue weighted by atomic mass is 10.4. The smallest absolute Gasteiger partial charge is 0.144 e. The molecule has 0 spiro atoms. The first-order valence-electron chi connectivity index (χ1n) is 4.92. The van der Waals surface area contributed by atoms with Crippen molar-refractivity contribution in [3.05, 3.63) is 33.1 Å². The summed E-state index contributed by atoms with van der Waals surface area (Å²) in [6.07, 6.45) is 6.20. The second-order valence-corrected chi connectivity index (χ2v) is 5.20. The first-order chi connectivity index (χ1) is 7.79. The van der Waals surface area contributed by atoms with Crippen LogP contribution in [0.2, 0.25) is 0 Å². The van der Waals surface area contributed by atoms with Crippen LogP contribution in [0, 0.1) is 0 Å². The molecule has 0 amide bonds. The second-order valence-electron chi connectivity index (χ2n) is 3.15. The Balaban J connectivity index is 1.99. The van der Waals surface area contributed by atoms with E-state index in [9.17, 15) is 0 Å². The zero-order valence-electron chi connectivity index (χ0n) is 8.77. The monoisotopic (exact) mass is 298 g/mol. The van der Waals surface area contributed by atoms with E-state index in [0.29, 0.717) is 6.54 Å². The summed E-state index contributed by atoms with van der Waals surface area (Å²) in [5.74, 6) is 0.795. The third-order valence-electron chi connectivity index (χ3n) is 2.02. The van der Waals surface area contributed by atoms with Gasteiger partial charge < -0.3 is 5.32 Å². The second kappa shape index (κ2) is 5.36. The SMILES string of the molecule is CCc1cnc(CNc2ncncc2Br)s1. The molecule has 84 valence electrons. The van der Waals surface area contributed by atoms with Crippen LogP contribution in [0.25, 0.3) is 0 Å². The summed E-state index contributed by atoms with van der Waals surface area (Å²) in [5, 5.41) is 4.29. The summed E-state index contributed by atoms with van der Waals surface area (Å²) in [4.78, 5) is 13.7. The van der Waals surface area contributed by atoms with E-state index in [-0.39, 0.29) is 0 Å². The van der Waals surface area contributed by atoms with Gasteiger partial charge >= 0.3 is 0 Å². The molecular weight excluding hydrogens is 288 g/mol. The highest BCUT2D eigenvalue weighted by molar-refractivity contribution is 9.10. The normalized spacial score (nSPS) is 10.4. The average molecular weight is 299 g/mol. The van der Waals surface area contributed by atoms with Crippen LogP contribution in [0.1, 0.15) is 16.8 Å². The number of hydrogen-bond donors (Lipinski definition) is 1. The maximum atomic E-state index is 4.33. The van der Waals surface area contributed by atoms with Crippen molar-refractivity contribution in [2.24, 2.45) is 0 Å². The molecule has 0 radical (unpaired) electrons. The molecule has 0 aliphatic carbocycles. The molecule has 2 heterocycles. The van der Waals surface area contributed by atoms with E-state index in [2.05, 4.69) is 43.1 Å². The molecule has 16 heavy (non-hydrogen) atoms. The zero-order valence-corrected chi connectivity index (χ0v) is 11.2. The van der Waals surface area contributed by atoms with Crippen molar-refractivity contribution in [2.45, 2.75) is 19.9 Å². The van der Waals surface area contributed by atoms with E-state index >= 15 is 0 Å². The number of anilines is 1. The van der Waals surface area contributed by atoms with Crippen molar-refractivity contribution in [1.29, 1.82) is 0 Å². The van der Waals surface area contributed by atoms with Crippen LogP contribution in [-0.4, -0.2) is 15.0 Å². The summed E-state index contributed by atoms with van der Waals surface area (Å²) in [6, 6.07) is 0. The number of nitrogens with zero attached hydrogens (tertiary/aromatic N) is 3. The third kappa shape index (κ3) is 2.76. The lowest BCUT2D eigenvalue weighted by Gasteiger charge is -2.03. The van der Waals surface area contributed by atoms with E-state index < -0.39 is 0 Å². The lowest BCUT2D eigenvalue weighted by Crippen LogP contribution is -2.01. The van der Waals surface area contributed by atoms with Gasteiger partial charge in [0.15, 0.2) is 0 Å². The van der Waals surface area contributed by atoms with Gasteiger partial charge in [-0.25, -0.2) is 15.0 Å². The number of aromatic nitrogens is 3. The molecule has 0 unspecified atom stereocenters. The standard InChI is InChI=1S/C10H11BrN4S/c1-2-7-3-13-9(16-7)5-14-10-8(11)4-12-6-15-10/h3-4,6H,2,5H2,1H3,(H,12,14,15). The Bertz CT molecular complexity index is 471. The van der Waals surface area contributed by atoms with Gasteiger partial charge in [0.2, 0.25) is 0 Å². The zero-order chi connectivity index (χ0) is 11.4. The number of halogens is 1. The molecule has 0 aliphatic heterocycles. The molecule has 0 aromatic carbocycles. The van der Waals surface area contributed by atoms with Gasteiger partial charge in [-0.15, -0.1) is 11.3 Å². The average Bonchev–Trinajstić information content (AvgIpc) is 2.76. The Hall–Kier alpha value is -1.01. The maximum absolute atomic E-state index is 4.33. The van der Waals surface area contributed by atoms with Gasteiger partial charge in [0, 0.05) is 17.3 Å². The molecule has 2 rings (SSSR count). The van der Waals surface area contributed by atoms with E-state index in [1.165, 1.54) is 11.2 Å². The number of nitrogens with one attached hydrogen (secondary N) is 1. The minimum absolute atomic E-state index is 0.695. The Kier molecular flexibility index (Phi) is 3.84. The summed E-state index contributed by atoms with van der Waals surface area (Å²) >= 11 is 5.11. The van der Waals surface area contributed by atoms with Gasteiger partial charge in [0.1, 0.15) is 17.2 Å². The van der Waals surface area contributed by atoms with Crippen molar-refractivity contribution in [2.75, 3.05) is 5.32 Å². The van der Waals surface area contributed by atoms with Crippen LogP contribution in [0.3, 0.4) is 0 Å². The molecule has 0 aliphatic rings. The number of aryl methyl sites for hydroxylation is 1. The van der Waals surface area contributed by atoms with E-state index in [1.807, 2.05) is 6.20 Å². The molecule has 4 nitrogen and oxygen atoms in total. The van der Waals surface area contributed by atoms with Gasteiger partial charge in [0.25, 0.3) is 0 Å².